The van der Waals surface area contributed by atoms with Crippen molar-refractivity contribution < 1.29 is 19.7 Å². The number of likely N-dealkylation sites (N-methyl/N-ethyl adjacent to an activating group) is 1. The van der Waals surface area contributed by atoms with Crippen molar-refractivity contribution in [2.24, 2.45) is 0 Å². The maximum absolute atomic E-state index is 9.53. The molecule has 1 heterocycles. The number of ether oxygens (including phenoxy) is 2. The maximum atomic E-state index is 9.53. The summed E-state index contributed by atoms with van der Waals surface area (Å²) in [6, 6.07) is -0.264. The van der Waals surface area contributed by atoms with Crippen molar-refractivity contribution in [2.45, 2.75) is 24.5 Å². The lowest BCUT2D eigenvalue weighted by atomic mass is 10.1. The first kappa shape index (κ1) is 9.88. The number of rotatable bonds is 3. The predicted molar refractivity (Wildman–Crippen MR) is 41.6 cm³/mol. The van der Waals surface area contributed by atoms with Gasteiger partial charge in [-0.25, -0.2) is 0 Å². The zero-order valence-corrected chi connectivity index (χ0v) is 7.23. The van der Waals surface area contributed by atoms with Crippen LogP contribution < -0.4 is 5.32 Å². The van der Waals surface area contributed by atoms with Crippen LogP contribution in [0.1, 0.15) is 0 Å². The van der Waals surface area contributed by atoms with Crippen LogP contribution in [-0.4, -0.2) is 55.5 Å². The highest BCUT2D eigenvalue weighted by molar-refractivity contribution is 4.91. The van der Waals surface area contributed by atoms with Crippen LogP contribution in [0, 0.1) is 0 Å². The first-order valence-electron chi connectivity index (χ1n) is 3.89. The minimum Gasteiger partial charge on any atom is -0.394 e. The molecule has 12 heavy (non-hydrogen) atoms. The van der Waals surface area contributed by atoms with Crippen molar-refractivity contribution >= 4 is 0 Å². The molecule has 0 aromatic carbocycles. The third kappa shape index (κ3) is 1.60. The van der Waals surface area contributed by atoms with E-state index in [9.17, 15) is 5.11 Å². The lowest BCUT2D eigenvalue weighted by Gasteiger charge is -2.16. The fraction of sp³-hybridized carbons (Fsp3) is 1.00. The van der Waals surface area contributed by atoms with Crippen LogP contribution in [0.25, 0.3) is 0 Å². The quantitative estimate of drug-likeness (QED) is 0.479. The Morgan fingerprint density at radius 1 is 1.58 bits per heavy atom. The van der Waals surface area contributed by atoms with E-state index < -0.39 is 18.5 Å². The average molecular weight is 177 g/mol. The fourth-order valence-corrected chi connectivity index (χ4v) is 1.43. The van der Waals surface area contributed by atoms with E-state index in [0.717, 1.165) is 0 Å². The lowest BCUT2D eigenvalue weighted by Crippen LogP contribution is -2.44. The second-order valence-electron chi connectivity index (χ2n) is 2.77. The van der Waals surface area contributed by atoms with Crippen LogP contribution >= 0.6 is 0 Å². The molecule has 5 heteroatoms. The van der Waals surface area contributed by atoms with Crippen LogP contribution in [0.15, 0.2) is 0 Å². The molecule has 0 radical (unpaired) electrons. The molecule has 1 aliphatic heterocycles. The number of nitrogens with one attached hydrogen (secondary N) is 1. The molecule has 0 spiro atoms. The molecule has 4 atom stereocenters. The molecular formula is C7H15NO4. The highest BCUT2D eigenvalue weighted by Crippen LogP contribution is 2.20. The molecule has 0 aliphatic carbocycles. The van der Waals surface area contributed by atoms with Gasteiger partial charge in [-0.15, -0.1) is 0 Å². The van der Waals surface area contributed by atoms with Gasteiger partial charge in [0.25, 0.3) is 0 Å². The van der Waals surface area contributed by atoms with Gasteiger partial charge >= 0.3 is 0 Å². The standard InChI is InChI=1S/C7H15NO4/c1-8-5-4(3-9)12-7(11-2)6(5)10/h4-10H,3H2,1-2H3/t4-,5+,6-,7+/m1/s1. The average Bonchev–Trinajstić information content (AvgIpc) is 2.41. The van der Waals surface area contributed by atoms with E-state index in [1.54, 1.807) is 7.05 Å². The van der Waals surface area contributed by atoms with E-state index in [0.29, 0.717) is 0 Å². The van der Waals surface area contributed by atoms with E-state index in [2.05, 4.69) is 5.32 Å². The van der Waals surface area contributed by atoms with Gasteiger partial charge in [0.15, 0.2) is 6.29 Å². The summed E-state index contributed by atoms with van der Waals surface area (Å²) in [5.41, 5.74) is 0. The highest BCUT2D eigenvalue weighted by Gasteiger charge is 2.42. The summed E-state index contributed by atoms with van der Waals surface area (Å²) in [5.74, 6) is 0. The summed E-state index contributed by atoms with van der Waals surface area (Å²) < 4.78 is 10.1. The zero-order valence-electron chi connectivity index (χ0n) is 7.23. The molecule has 0 amide bonds. The van der Waals surface area contributed by atoms with Crippen LogP contribution in [0.3, 0.4) is 0 Å². The van der Waals surface area contributed by atoms with Crippen LogP contribution in [0.4, 0.5) is 0 Å². The minimum atomic E-state index is -0.725. The summed E-state index contributed by atoms with van der Waals surface area (Å²) in [6.07, 6.45) is -1.76. The van der Waals surface area contributed by atoms with Crippen LogP contribution in [0.5, 0.6) is 0 Å². The summed E-state index contributed by atoms with van der Waals surface area (Å²) in [6.45, 7) is -0.123. The van der Waals surface area contributed by atoms with Gasteiger partial charge in [-0.2, -0.15) is 0 Å². The number of aliphatic hydroxyl groups is 2. The molecule has 0 saturated carbocycles. The molecule has 0 aromatic heterocycles. The van der Waals surface area contributed by atoms with Gasteiger partial charge in [-0.1, -0.05) is 0 Å². The molecule has 1 fully saturated rings. The summed E-state index contributed by atoms with van der Waals surface area (Å²) in [5, 5.41) is 21.3. The number of hydrogen-bond acceptors (Lipinski definition) is 5. The normalized spacial score (nSPS) is 42.0. The van der Waals surface area contributed by atoms with E-state index in [-0.39, 0.29) is 12.6 Å². The van der Waals surface area contributed by atoms with Gasteiger partial charge < -0.3 is 25.0 Å². The first-order chi connectivity index (χ1) is 5.74. The Balaban J connectivity index is 2.58. The third-order valence-electron chi connectivity index (χ3n) is 2.10. The Morgan fingerprint density at radius 2 is 2.25 bits per heavy atom. The second-order valence-corrected chi connectivity index (χ2v) is 2.77. The predicted octanol–water partition coefficient (Wildman–Crippen LogP) is -1.70. The van der Waals surface area contributed by atoms with Gasteiger partial charge in [-0.3, -0.25) is 0 Å². The van der Waals surface area contributed by atoms with Gasteiger partial charge in [0.1, 0.15) is 12.2 Å². The highest BCUT2D eigenvalue weighted by atomic mass is 16.7. The van der Waals surface area contributed by atoms with Gasteiger partial charge in [0, 0.05) is 7.11 Å². The van der Waals surface area contributed by atoms with Crippen molar-refractivity contribution in [2.75, 3.05) is 20.8 Å². The summed E-state index contributed by atoms with van der Waals surface area (Å²) in [4.78, 5) is 0. The van der Waals surface area contributed by atoms with Crippen molar-refractivity contribution in [3.8, 4) is 0 Å². The van der Waals surface area contributed by atoms with Crippen molar-refractivity contribution in [1.82, 2.24) is 5.32 Å². The topological polar surface area (TPSA) is 71.0 Å². The zero-order chi connectivity index (χ0) is 9.14. The van der Waals surface area contributed by atoms with Gasteiger partial charge in [0.05, 0.1) is 12.6 Å². The SMILES string of the molecule is CN[C@@H]1[C@@H](O)[C@@H](OC)O[C@@H]1CO. The molecule has 1 aliphatic rings. The smallest absolute Gasteiger partial charge is 0.185 e. The van der Waals surface area contributed by atoms with Crippen LogP contribution in [-0.2, 0) is 9.47 Å². The Bertz CT molecular complexity index is 141. The summed E-state index contributed by atoms with van der Waals surface area (Å²) in [7, 11) is 3.16. The Kier molecular flexibility index (Phi) is 3.42. The Morgan fingerprint density at radius 3 is 2.58 bits per heavy atom. The largest absolute Gasteiger partial charge is 0.394 e. The van der Waals surface area contributed by atoms with E-state index in [4.69, 9.17) is 14.6 Å². The molecule has 0 aromatic rings. The number of methoxy groups -OCH3 is 1. The monoisotopic (exact) mass is 177 g/mol. The molecule has 0 unspecified atom stereocenters. The number of aliphatic hydroxyl groups excluding tert-OH is 2. The Labute approximate surface area is 71.3 Å². The van der Waals surface area contributed by atoms with Crippen LogP contribution in [0.2, 0.25) is 0 Å². The molecule has 1 rings (SSSR count). The summed E-state index contributed by atoms with van der Waals surface area (Å²) >= 11 is 0. The van der Waals surface area contributed by atoms with E-state index >= 15 is 0 Å². The lowest BCUT2D eigenvalue weighted by molar-refractivity contribution is -0.153. The van der Waals surface area contributed by atoms with Crippen molar-refractivity contribution in [1.29, 1.82) is 0 Å². The molecule has 72 valence electrons. The van der Waals surface area contributed by atoms with E-state index in [1.165, 1.54) is 7.11 Å². The number of hydrogen-bond donors (Lipinski definition) is 3. The van der Waals surface area contributed by atoms with Crippen molar-refractivity contribution in [3.05, 3.63) is 0 Å². The first-order valence-corrected chi connectivity index (χ1v) is 3.89. The molecule has 3 N–H and O–H groups in total. The fourth-order valence-electron chi connectivity index (χ4n) is 1.43. The maximum Gasteiger partial charge on any atom is 0.185 e. The molecule has 1 saturated heterocycles. The van der Waals surface area contributed by atoms with Gasteiger partial charge in [-0.05, 0) is 7.05 Å². The molecular weight excluding hydrogens is 162 g/mol. The molecule has 5 nitrogen and oxygen atoms in total. The van der Waals surface area contributed by atoms with Crippen molar-refractivity contribution in [3.63, 3.8) is 0 Å². The third-order valence-corrected chi connectivity index (χ3v) is 2.10. The van der Waals surface area contributed by atoms with E-state index in [1.807, 2.05) is 0 Å². The van der Waals surface area contributed by atoms with Gasteiger partial charge in [0.2, 0.25) is 0 Å². The second kappa shape index (κ2) is 4.15. The minimum absolute atomic E-state index is 0.123. The Hall–Kier alpha value is -0.200. The molecule has 0 bridgehead atoms.